The minimum atomic E-state index is -1.46. The molecule has 5 N–H and O–H groups in total. The lowest BCUT2D eigenvalue weighted by Crippen LogP contribution is -2.61. The number of allylic oxidation sites excluding steroid dienone is 1. The number of hydrogen-bond donors (Lipinski definition) is 5. The first kappa shape index (κ1) is 26.0. The van der Waals surface area contributed by atoms with Gasteiger partial charge < -0.3 is 30.3 Å². The Morgan fingerprint density at radius 3 is 2.50 bits per heavy atom. The van der Waals surface area contributed by atoms with E-state index in [0.717, 1.165) is 24.8 Å². The molecule has 0 spiro atoms. The molecule has 4 rings (SSSR count). The second-order valence-corrected chi connectivity index (χ2v) is 12.6. The van der Waals surface area contributed by atoms with Crippen molar-refractivity contribution < 1.29 is 35.1 Å². The normalized spacial score (nSPS) is 47.5. The molecule has 4 aliphatic rings. The Kier molecular flexibility index (Phi) is 6.47. The van der Waals surface area contributed by atoms with Crippen LogP contribution in [0, 0.1) is 34.5 Å². The summed E-state index contributed by atoms with van der Waals surface area (Å²) >= 11 is 0. The number of rotatable bonds is 6. The van der Waals surface area contributed by atoms with Gasteiger partial charge in [-0.05, 0) is 93.1 Å². The molecule has 2 unspecified atom stereocenters. The Labute approximate surface area is 202 Å². The largest absolute Gasteiger partial charge is 0.393 e. The van der Waals surface area contributed by atoms with Crippen molar-refractivity contribution in [3.8, 4) is 0 Å². The van der Waals surface area contributed by atoms with Gasteiger partial charge in [0, 0.05) is 11.3 Å². The molecule has 0 aromatic heterocycles. The van der Waals surface area contributed by atoms with Crippen molar-refractivity contribution in [3.05, 3.63) is 11.6 Å². The van der Waals surface area contributed by atoms with Crippen LogP contribution in [0.1, 0.15) is 79.1 Å². The minimum Gasteiger partial charge on any atom is -0.393 e. The first-order valence-corrected chi connectivity index (χ1v) is 12.9. The zero-order valence-electron chi connectivity index (χ0n) is 20.9. The summed E-state index contributed by atoms with van der Waals surface area (Å²) in [6, 6.07) is 0. The van der Waals surface area contributed by atoms with Crippen molar-refractivity contribution in [1.29, 1.82) is 0 Å². The Balaban J connectivity index is 1.61. The van der Waals surface area contributed by atoms with Gasteiger partial charge in [0.1, 0.15) is 5.60 Å². The van der Waals surface area contributed by atoms with E-state index in [2.05, 4.69) is 6.92 Å². The van der Waals surface area contributed by atoms with Crippen molar-refractivity contribution in [2.45, 2.75) is 109 Å². The third kappa shape index (κ3) is 3.74. The number of aliphatic hydroxyl groups excluding tert-OH is 3. The first-order valence-electron chi connectivity index (χ1n) is 12.9. The van der Waals surface area contributed by atoms with Crippen LogP contribution in [-0.2, 0) is 9.59 Å². The fourth-order valence-electron chi connectivity index (χ4n) is 8.28. The van der Waals surface area contributed by atoms with E-state index in [1.165, 1.54) is 6.92 Å². The molecule has 34 heavy (non-hydrogen) atoms. The SMILES string of the molecule is C[C@H](C(O)CCC(C)(O)C=O)[C@H]1CC[C@@]2(O)C3=CC(=O)[C@@H]4C[C@@H](O)[C@@H](O)C[C@]4(C)[C@H]3CC[C@]12C. The molecule has 0 bridgehead atoms. The Hall–Kier alpha value is -1.12. The summed E-state index contributed by atoms with van der Waals surface area (Å²) in [6.45, 7) is 7.53. The Morgan fingerprint density at radius 2 is 1.85 bits per heavy atom. The summed E-state index contributed by atoms with van der Waals surface area (Å²) in [5, 5.41) is 53.8. The van der Waals surface area contributed by atoms with E-state index < -0.39 is 40.3 Å². The Bertz CT molecular complexity index is 867. The second-order valence-electron chi connectivity index (χ2n) is 12.6. The fraction of sp³-hybridized carbons (Fsp3) is 0.852. The molecule has 7 heteroatoms. The summed E-state index contributed by atoms with van der Waals surface area (Å²) in [6.07, 6.45) is 3.48. The lowest BCUT2D eigenvalue weighted by Gasteiger charge is -2.60. The molecular formula is C27H42O7. The van der Waals surface area contributed by atoms with Crippen LogP contribution in [0.25, 0.3) is 0 Å². The summed E-state index contributed by atoms with van der Waals surface area (Å²) in [7, 11) is 0. The quantitative estimate of drug-likeness (QED) is 0.368. The third-order valence-electron chi connectivity index (χ3n) is 10.6. The van der Waals surface area contributed by atoms with E-state index in [0.29, 0.717) is 25.5 Å². The van der Waals surface area contributed by atoms with Gasteiger partial charge in [0.05, 0.1) is 23.9 Å². The molecule has 3 fully saturated rings. The number of hydrogen-bond acceptors (Lipinski definition) is 7. The van der Waals surface area contributed by atoms with Gasteiger partial charge >= 0.3 is 0 Å². The van der Waals surface area contributed by atoms with Gasteiger partial charge in [0.2, 0.25) is 0 Å². The topological polar surface area (TPSA) is 135 Å². The van der Waals surface area contributed by atoms with Gasteiger partial charge in [0.15, 0.2) is 12.1 Å². The molecule has 11 atom stereocenters. The highest BCUT2D eigenvalue weighted by atomic mass is 16.3. The van der Waals surface area contributed by atoms with E-state index in [4.69, 9.17) is 0 Å². The molecule has 0 aromatic carbocycles. The average Bonchev–Trinajstić information content (AvgIpc) is 3.05. The summed E-state index contributed by atoms with van der Waals surface area (Å²) in [5.41, 5.74) is -2.86. The standard InChI is InChI=1S/C27H42O7/c1-15(20(29)7-8-24(2,33)14-28)16-6-10-27(34)18-11-21(30)19-12-22(31)23(32)13-25(19,3)17(18)5-9-26(16,27)4/h11,14-17,19-20,22-23,29,31-34H,5-10,12-13H2,1-4H3/t15-,16+,17-,19-,20?,22+,23-,24?,25+,26+,27+/m0/s1. The van der Waals surface area contributed by atoms with E-state index >= 15 is 0 Å². The molecule has 0 aromatic rings. The number of carbonyl (C=O) groups is 2. The number of aliphatic hydroxyl groups is 5. The molecule has 3 saturated carbocycles. The van der Waals surface area contributed by atoms with Crippen LogP contribution in [0.2, 0.25) is 0 Å². The molecule has 0 aliphatic heterocycles. The Morgan fingerprint density at radius 1 is 1.18 bits per heavy atom. The second kappa shape index (κ2) is 8.48. The number of aldehydes is 1. The molecule has 4 aliphatic carbocycles. The van der Waals surface area contributed by atoms with E-state index in [1.54, 1.807) is 6.08 Å². The lowest BCUT2D eigenvalue weighted by molar-refractivity contribution is -0.154. The maximum absolute atomic E-state index is 13.2. The molecule has 192 valence electrons. The van der Waals surface area contributed by atoms with Crippen LogP contribution in [-0.4, -0.2) is 67.1 Å². The van der Waals surface area contributed by atoms with Crippen LogP contribution in [0.3, 0.4) is 0 Å². The lowest BCUT2D eigenvalue weighted by atomic mass is 9.46. The third-order valence-corrected chi connectivity index (χ3v) is 10.6. The van der Waals surface area contributed by atoms with Gasteiger partial charge in [-0.3, -0.25) is 4.79 Å². The number of fused-ring (bicyclic) bond motifs is 5. The van der Waals surface area contributed by atoms with Gasteiger partial charge in [-0.25, -0.2) is 0 Å². The maximum atomic E-state index is 13.2. The van der Waals surface area contributed by atoms with E-state index in [9.17, 15) is 35.1 Å². The van der Waals surface area contributed by atoms with Crippen molar-refractivity contribution in [2.75, 3.05) is 0 Å². The molecular weight excluding hydrogens is 436 g/mol. The van der Waals surface area contributed by atoms with Crippen molar-refractivity contribution in [1.82, 2.24) is 0 Å². The van der Waals surface area contributed by atoms with Crippen molar-refractivity contribution in [3.63, 3.8) is 0 Å². The first-order chi connectivity index (χ1) is 15.7. The molecule has 0 heterocycles. The van der Waals surface area contributed by atoms with Crippen LogP contribution in [0.4, 0.5) is 0 Å². The van der Waals surface area contributed by atoms with Crippen LogP contribution < -0.4 is 0 Å². The maximum Gasteiger partial charge on any atom is 0.159 e. The fourth-order valence-corrected chi connectivity index (χ4v) is 8.28. The molecule has 0 amide bonds. The van der Waals surface area contributed by atoms with Crippen LogP contribution in [0.5, 0.6) is 0 Å². The predicted molar refractivity (Wildman–Crippen MR) is 126 cm³/mol. The van der Waals surface area contributed by atoms with Crippen LogP contribution in [0.15, 0.2) is 11.6 Å². The van der Waals surface area contributed by atoms with Gasteiger partial charge in [0.25, 0.3) is 0 Å². The summed E-state index contributed by atoms with van der Waals surface area (Å²) in [4.78, 5) is 24.3. The van der Waals surface area contributed by atoms with E-state index in [1.807, 2.05) is 13.8 Å². The van der Waals surface area contributed by atoms with Gasteiger partial charge in [-0.2, -0.15) is 0 Å². The molecule has 0 saturated heterocycles. The summed E-state index contributed by atoms with van der Waals surface area (Å²) < 4.78 is 0. The number of carbonyl (C=O) groups excluding carboxylic acids is 2. The van der Waals surface area contributed by atoms with Crippen molar-refractivity contribution in [2.24, 2.45) is 34.5 Å². The highest BCUT2D eigenvalue weighted by molar-refractivity contribution is 5.95. The molecule has 0 radical (unpaired) electrons. The summed E-state index contributed by atoms with van der Waals surface area (Å²) in [5.74, 6) is -0.568. The monoisotopic (exact) mass is 478 g/mol. The van der Waals surface area contributed by atoms with Crippen LogP contribution >= 0.6 is 0 Å². The van der Waals surface area contributed by atoms with Gasteiger partial charge in [-0.15, -0.1) is 0 Å². The average molecular weight is 479 g/mol. The van der Waals surface area contributed by atoms with E-state index in [-0.39, 0.29) is 42.3 Å². The zero-order chi connectivity index (χ0) is 25.3. The van der Waals surface area contributed by atoms with Crippen molar-refractivity contribution >= 4 is 12.1 Å². The smallest absolute Gasteiger partial charge is 0.159 e. The highest BCUT2D eigenvalue weighted by Crippen LogP contribution is 2.68. The predicted octanol–water partition coefficient (Wildman–Crippen LogP) is 1.92. The highest BCUT2D eigenvalue weighted by Gasteiger charge is 2.67. The minimum absolute atomic E-state index is 0.0231. The zero-order valence-corrected chi connectivity index (χ0v) is 20.9. The number of ketones is 1. The van der Waals surface area contributed by atoms with Gasteiger partial charge in [-0.1, -0.05) is 20.8 Å². The molecule has 7 nitrogen and oxygen atoms in total.